The van der Waals surface area contributed by atoms with E-state index in [0.29, 0.717) is 43.9 Å². The maximum absolute atomic E-state index is 12.5. The van der Waals surface area contributed by atoms with Crippen LogP contribution < -0.4 is 14.8 Å². The van der Waals surface area contributed by atoms with Gasteiger partial charge in [0.25, 0.3) is 0 Å². The molecule has 26 heavy (non-hydrogen) atoms. The Hall–Kier alpha value is -2.24. The third-order valence-electron chi connectivity index (χ3n) is 4.84. The number of carboxylic acid groups (broad SMARTS) is 1. The zero-order chi connectivity index (χ0) is 18.9. The van der Waals surface area contributed by atoms with Crippen LogP contribution in [0.3, 0.4) is 0 Å². The number of carboxylic acids is 1. The summed E-state index contributed by atoms with van der Waals surface area (Å²) in [4.78, 5) is 23.8. The summed E-state index contributed by atoms with van der Waals surface area (Å²) in [5.41, 5.74) is 0.969. The molecular formula is C20H29NO5. The first-order chi connectivity index (χ1) is 12.6. The van der Waals surface area contributed by atoms with E-state index in [-0.39, 0.29) is 5.91 Å². The number of aliphatic carboxylic acids is 1. The summed E-state index contributed by atoms with van der Waals surface area (Å²) in [6, 6.07) is 5.71. The van der Waals surface area contributed by atoms with Crippen LogP contribution in [0.2, 0.25) is 0 Å². The van der Waals surface area contributed by atoms with E-state index in [9.17, 15) is 14.7 Å². The van der Waals surface area contributed by atoms with Gasteiger partial charge in [-0.25, -0.2) is 0 Å². The van der Waals surface area contributed by atoms with Crippen molar-refractivity contribution < 1.29 is 24.2 Å². The molecule has 1 fully saturated rings. The summed E-state index contributed by atoms with van der Waals surface area (Å²) in [6.07, 6.45) is 4.51. The van der Waals surface area contributed by atoms with Crippen LogP contribution in [0.1, 0.15) is 44.6 Å². The molecule has 0 aromatic heterocycles. The normalized spacial score (nSPS) is 19.6. The fourth-order valence-corrected chi connectivity index (χ4v) is 3.48. The van der Waals surface area contributed by atoms with Gasteiger partial charge in [0.15, 0.2) is 11.5 Å². The van der Waals surface area contributed by atoms with E-state index < -0.39 is 17.8 Å². The van der Waals surface area contributed by atoms with Crippen LogP contribution in [0.5, 0.6) is 11.5 Å². The molecule has 1 amide bonds. The Balaban J connectivity index is 1.96. The van der Waals surface area contributed by atoms with Crippen molar-refractivity contribution in [1.29, 1.82) is 0 Å². The van der Waals surface area contributed by atoms with Gasteiger partial charge >= 0.3 is 5.97 Å². The van der Waals surface area contributed by atoms with Gasteiger partial charge in [-0.1, -0.05) is 31.9 Å². The van der Waals surface area contributed by atoms with Crippen molar-refractivity contribution >= 4 is 11.9 Å². The highest BCUT2D eigenvalue weighted by molar-refractivity contribution is 5.84. The largest absolute Gasteiger partial charge is 0.493 e. The Morgan fingerprint density at radius 2 is 1.96 bits per heavy atom. The molecule has 2 N–H and O–H groups in total. The number of para-hydroxylation sites is 1. The van der Waals surface area contributed by atoms with Crippen LogP contribution in [-0.4, -0.2) is 37.2 Å². The predicted molar refractivity (Wildman–Crippen MR) is 98.6 cm³/mol. The van der Waals surface area contributed by atoms with Gasteiger partial charge in [-0.3, -0.25) is 9.59 Å². The van der Waals surface area contributed by atoms with Gasteiger partial charge in [0.1, 0.15) is 0 Å². The number of rotatable bonds is 9. The molecule has 0 aliphatic heterocycles. The van der Waals surface area contributed by atoms with Crippen molar-refractivity contribution in [3.8, 4) is 11.5 Å². The van der Waals surface area contributed by atoms with E-state index in [4.69, 9.17) is 9.47 Å². The second-order valence-corrected chi connectivity index (χ2v) is 6.67. The van der Waals surface area contributed by atoms with E-state index >= 15 is 0 Å². The first-order valence-electron chi connectivity index (χ1n) is 9.37. The van der Waals surface area contributed by atoms with Crippen molar-refractivity contribution in [2.75, 3.05) is 20.3 Å². The lowest BCUT2D eigenvalue weighted by atomic mass is 9.78. The van der Waals surface area contributed by atoms with E-state index in [2.05, 4.69) is 5.32 Å². The van der Waals surface area contributed by atoms with Gasteiger partial charge in [-0.15, -0.1) is 0 Å². The number of benzene rings is 1. The van der Waals surface area contributed by atoms with Crippen LogP contribution in [-0.2, 0) is 16.0 Å². The average molecular weight is 363 g/mol. The molecule has 1 aliphatic carbocycles. The van der Waals surface area contributed by atoms with Crippen molar-refractivity contribution in [2.45, 2.75) is 45.4 Å². The number of hydrogen-bond donors (Lipinski definition) is 2. The summed E-state index contributed by atoms with van der Waals surface area (Å²) < 4.78 is 11.2. The van der Waals surface area contributed by atoms with Gasteiger partial charge in [-0.05, 0) is 37.3 Å². The molecule has 144 valence electrons. The summed E-state index contributed by atoms with van der Waals surface area (Å²) in [6.45, 7) is 3.08. The minimum absolute atomic E-state index is 0.156. The number of nitrogens with one attached hydrogen (secondary N) is 1. The second kappa shape index (κ2) is 10.0. The topological polar surface area (TPSA) is 84.9 Å². The average Bonchev–Trinajstić information content (AvgIpc) is 2.66. The molecule has 0 saturated heterocycles. The fourth-order valence-electron chi connectivity index (χ4n) is 3.48. The van der Waals surface area contributed by atoms with E-state index in [1.54, 1.807) is 7.11 Å². The maximum atomic E-state index is 12.5. The van der Waals surface area contributed by atoms with Crippen LogP contribution in [0.15, 0.2) is 18.2 Å². The smallest absolute Gasteiger partial charge is 0.307 e. The van der Waals surface area contributed by atoms with Crippen molar-refractivity contribution in [1.82, 2.24) is 5.32 Å². The monoisotopic (exact) mass is 363 g/mol. The summed E-state index contributed by atoms with van der Waals surface area (Å²) in [5, 5.41) is 12.2. The van der Waals surface area contributed by atoms with Crippen LogP contribution in [0, 0.1) is 11.8 Å². The van der Waals surface area contributed by atoms with Gasteiger partial charge in [-0.2, -0.15) is 0 Å². The fraction of sp³-hybridized carbons (Fsp3) is 0.600. The lowest BCUT2D eigenvalue weighted by Crippen LogP contribution is -2.40. The van der Waals surface area contributed by atoms with Crippen molar-refractivity contribution in [3.63, 3.8) is 0 Å². The molecule has 6 nitrogen and oxygen atoms in total. The number of carbonyl (C=O) groups is 2. The molecule has 1 aromatic rings. The molecule has 0 spiro atoms. The Morgan fingerprint density at radius 3 is 2.62 bits per heavy atom. The third-order valence-corrected chi connectivity index (χ3v) is 4.84. The number of ether oxygens (including phenoxy) is 2. The summed E-state index contributed by atoms with van der Waals surface area (Å²) in [7, 11) is 1.61. The summed E-state index contributed by atoms with van der Waals surface area (Å²) in [5.74, 6) is -0.622. The molecular weight excluding hydrogens is 334 g/mol. The molecule has 2 atom stereocenters. The molecule has 1 aliphatic rings. The molecule has 1 saturated carbocycles. The van der Waals surface area contributed by atoms with Crippen LogP contribution in [0.4, 0.5) is 0 Å². The minimum Gasteiger partial charge on any atom is -0.493 e. The predicted octanol–water partition coefficient (Wildman–Crippen LogP) is 3.03. The lowest BCUT2D eigenvalue weighted by Gasteiger charge is -2.27. The first kappa shape index (κ1) is 20.1. The van der Waals surface area contributed by atoms with E-state index in [1.807, 2.05) is 25.1 Å². The third kappa shape index (κ3) is 5.13. The quantitative estimate of drug-likeness (QED) is 0.704. The Labute approximate surface area is 154 Å². The molecule has 0 bridgehead atoms. The van der Waals surface area contributed by atoms with Gasteiger partial charge < -0.3 is 19.9 Å². The Bertz CT molecular complexity index is 616. The van der Waals surface area contributed by atoms with E-state index in [0.717, 1.165) is 24.8 Å². The number of carbonyl (C=O) groups excluding carboxylic acids is 1. The second-order valence-electron chi connectivity index (χ2n) is 6.67. The Morgan fingerprint density at radius 1 is 1.23 bits per heavy atom. The molecule has 2 unspecified atom stereocenters. The molecule has 0 heterocycles. The number of methoxy groups -OCH3 is 1. The van der Waals surface area contributed by atoms with E-state index in [1.165, 1.54) is 0 Å². The van der Waals surface area contributed by atoms with Crippen LogP contribution in [0.25, 0.3) is 0 Å². The van der Waals surface area contributed by atoms with Gasteiger partial charge in [0.05, 0.1) is 25.6 Å². The van der Waals surface area contributed by atoms with Crippen molar-refractivity contribution in [2.24, 2.45) is 11.8 Å². The van der Waals surface area contributed by atoms with Gasteiger partial charge in [0.2, 0.25) is 5.91 Å². The Kier molecular flexibility index (Phi) is 7.75. The summed E-state index contributed by atoms with van der Waals surface area (Å²) >= 11 is 0. The number of hydrogen-bond acceptors (Lipinski definition) is 4. The highest BCUT2D eigenvalue weighted by Gasteiger charge is 2.35. The van der Waals surface area contributed by atoms with Gasteiger partial charge in [0, 0.05) is 6.54 Å². The van der Waals surface area contributed by atoms with Crippen molar-refractivity contribution in [3.05, 3.63) is 23.8 Å². The highest BCUT2D eigenvalue weighted by atomic mass is 16.5. The highest BCUT2D eigenvalue weighted by Crippen LogP contribution is 2.32. The molecule has 1 aromatic carbocycles. The maximum Gasteiger partial charge on any atom is 0.307 e. The minimum atomic E-state index is -0.868. The van der Waals surface area contributed by atoms with Crippen LogP contribution >= 0.6 is 0 Å². The number of amides is 1. The molecule has 2 rings (SSSR count). The first-order valence-corrected chi connectivity index (χ1v) is 9.37. The zero-order valence-electron chi connectivity index (χ0n) is 15.6. The SMILES string of the molecule is CCCOc1c(CCNC(=O)C2CCCCC2C(=O)O)cccc1OC. The standard InChI is InChI=1S/C20H29NO5/c1-3-13-26-18-14(7-6-10-17(18)25-2)11-12-21-19(22)15-8-4-5-9-16(15)20(23)24/h6-7,10,15-16H,3-5,8-9,11-13H2,1-2H3,(H,21,22)(H,23,24). The zero-order valence-corrected chi connectivity index (χ0v) is 15.6. The molecule has 6 heteroatoms. The molecule has 0 radical (unpaired) electrons. The lowest BCUT2D eigenvalue weighted by molar-refractivity contribution is -0.148.